The SMILES string of the molecule is COc1cc(/C=C2\N=C3N(CCCO)CC(C)(c4ccc(F)cc4)N3C2=O)ccc1-n1cnc(C)c1. The summed E-state index contributed by atoms with van der Waals surface area (Å²) in [6, 6.07) is 11.9. The first kappa shape index (κ1) is 23.7. The van der Waals surface area contributed by atoms with Crippen molar-refractivity contribution in [2.45, 2.75) is 25.8 Å². The minimum Gasteiger partial charge on any atom is -0.495 e. The number of aliphatic hydroxyl groups is 1. The molecule has 1 fully saturated rings. The largest absolute Gasteiger partial charge is 0.495 e. The van der Waals surface area contributed by atoms with Gasteiger partial charge in [0.2, 0.25) is 5.96 Å². The molecule has 9 heteroatoms. The lowest BCUT2D eigenvalue weighted by Crippen LogP contribution is -2.44. The van der Waals surface area contributed by atoms with Crippen LogP contribution in [-0.4, -0.2) is 63.1 Å². The van der Waals surface area contributed by atoms with Crippen LogP contribution >= 0.6 is 0 Å². The zero-order valence-electron chi connectivity index (χ0n) is 20.5. The van der Waals surface area contributed by atoms with E-state index in [-0.39, 0.29) is 18.3 Å². The summed E-state index contributed by atoms with van der Waals surface area (Å²) in [7, 11) is 1.60. The van der Waals surface area contributed by atoms with Gasteiger partial charge >= 0.3 is 0 Å². The predicted molar refractivity (Wildman–Crippen MR) is 134 cm³/mol. The molecule has 3 aromatic rings. The molecule has 8 nitrogen and oxygen atoms in total. The number of imidazole rings is 1. The third-order valence-corrected chi connectivity index (χ3v) is 6.67. The van der Waals surface area contributed by atoms with E-state index in [4.69, 9.17) is 9.73 Å². The second kappa shape index (κ2) is 9.23. The van der Waals surface area contributed by atoms with E-state index in [1.54, 1.807) is 36.5 Å². The quantitative estimate of drug-likeness (QED) is 0.514. The molecule has 1 N–H and O–H groups in total. The average Bonchev–Trinajstić information content (AvgIpc) is 3.53. The molecule has 1 unspecified atom stereocenters. The molecule has 1 aromatic heterocycles. The molecule has 0 spiro atoms. The maximum atomic E-state index is 13.7. The number of carbonyl (C=O) groups is 1. The maximum absolute atomic E-state index is 13.7. The molecular weight excluding hydrogens is 461 g/mol. The number of hydrogen-bond donors (Lipinski definition) is 1. The zero-order valence-corrected chi connectivity index (χ0v) is 20.5. The number of aromatic nitrogens is 2. The van der Waals surface area contributed by atoms with Crippen molar-refractivity contribution >= 4 is 17.9 Å². The summed E-state index contributed by atoms with van der Waals surface area (Å²) < 4.78 is 21.1. The number of aliphatic imine (C=N–C) groups is 1. The number of ether oxygens (including phenoxy) is 1. The van der Waals surface area contributed by atoms with E-state index >= 15 is 0 Å². The first-order valence-corrected chi connectivity index (χ1v) is 11.8. The molecular formula is C27H28FN5O3. The van der Waals surface area contributed by atoms with Crippen molar-refractivity contribution in [3.8, 4) is 11.4 Å². The van der Waals surface area contributed by atoms with E-state index in [0.717, 1.165) is 22.5 Å². The Morgan fingerprint density at radius 2 is 2.00 bits per heavy atom. The Labute approximate surface area is 209 Å². The predicted octanol–water partition coefficient (Wildman–Crippen LogP) is 3.48. The lowest BCUT2D eigenvalue weighted by Gasteiger charge is -2.31. The van der Waals surface area contributed by atoms with Gasteiger partial charge in [-0.05, 0) is 61.7 Å². The molecule has 0 aliphatic carbocycles. The van der Waals surface area contributed by atoms with Crippen LogP contribution < -0.4 is 4.74 Å². The molecule has 2 aliphatic heterocycles. The molecule has 0 bridgehead atoms. The first-order valence-electron chi connectivity index (χ1n) is 11.8. The topological polar surface area (TPSA) is 83.2 Å². The summed E-state index contributed by atoms with van der Waals surface area (Å²) in [5.41, 5.74) is 2.90. The van der Waals surface area contributed by atoms with Gasteiger partial charge in [-0.2, -0.15) is 0 Å². The van der Waals surface area contributed by atoms with Crippen molar-refractivity contribution in [1.82, 2.24) is 19.4 Å². The molecule has 1 amide bonds. The normalized spacial score (nSPS) is 20.3. The Morgan fingerprint density at radius 1 is 1.22 bits per heavy atom. The van der Waals surface area contributed by atoms with Crippen molar-refractivity contribution in [3.63, 3.8) is 0 Å². The number of benzene rings is 2. The van der Waals surface area contributed by atoms with Crippen molar-refractivity contribution < 1.29 is 19.0 Å². The third kappa shape index (κ3) is 4.05. The van der Waals surface area contributed by atoms with Crippen LogP contribution in [0.2, 0.25) is 0 Å². The molecule has 1 saturated heterocycles. The van der Waals surface area contributed by atoms with E-state index in [1.165, 1.54) is 12.1 Å². The number of methoxy groups -OCH3 is 1. The molecule has 0 radical (unpaired) electrons. The molecule has 5 rings (SSSR count). The van der Waals surface area contributed by atoms with Crippen LogP contribution in [0.3, 0.4) is 0 Å². The summed E-state index contributed by atoms with van der Waals surface area (Å²) >= 11 is 0. The Balaban J connectivity index is 1.52. The van der Waals surface area contributed by atoms with E-state index in [2.05, 4.69) is 4.98 Å². The van der Waals surface area contributed by atoms with Gasteiger partial charge in [0, 0.05) is 25.9 Å². The number of halogens is 1. The highest BCUT2D eigenvalue weighted by Gasteiger charge is 2.52. The second-order valence-corrected chi connectivity index (χ2v) is 9.22. The number of fused-ring (bicyclic) bond motifs is 1. The fourth-order valence-electron chi connectivity index (χ4n) is 4.85. The van der Waals surface area contributed by atoms with Crippen molar-refractivity contribution in [2.75, 3.05) is 26.8 Å². The van der Waals surface area contributed by atoms with Gasteiger partial charge in [-0.3, -0.25) is 9.69 Å². The second-order valence-electron chi connectivity index (χ2n) is 9.22. The van der Waals surface area contributed by atoms with Crippen LogP contribution in [0.15, 0.2) is 65.7 Å². The van der Waals surface area contributed by atoms with Gasteiger partial charge < -0.3 is 19.3 Å². The maximum Gasteiger partial charge on any atom is 0.280 e. The zero-order chi connectivity index (χ0) is 25.4. The van der Waals surface area contributed by atoms with Crippen LogP contribution in [0.25, 0.3) is 11.8 Å². The Morgan fingerprint density at radius 3 is 2.67 bits per heavy atom. The molecule has 2 aliphatic rings. The van der Waals surface area contributed by atoms with Crippen LogP contribution in [0.1, 0.15) is 30.2 Å². The number of hydrogen-bond acceptors (Lipinski definition) is 6. The Bertz CT molecular complexity index is 1360. The Hall–Kier alpha value is -3.98. The first-order chi connectivity index (χ1) is 17.3. The summed E-state index contributed by atoms with van der Waals surface area (Å²) in [5.74, 6) is 0.629. The van der Waals surface area contributed by atoms with Crippen LogP contribution in [-0.2, 0) is 10.3 Å². The lowest BCUT2D eigenvalue weighted by molar-refractivity contribution is -0.125. The highest BCUT2D eigenvalue weighted by Crippen LogP contribution is 2.41. The average molecular weight is 490 g/mol. The van der Waals surface area contributed by atoms with Crippen molar-refractivity contribution in [2.24, 2.45) is 4.99 Å². The van der Waals surface area contributed by atoms with E-state index in [0.29, 0.717) is 36.9 Å². The number of nitrogens with zero attached hydrogens (tertiary/aromatic N) is 5. The smallest absolute Gasteiger partial charge is 0.280 e. The van der Waals surface area contributed by atoms with E-state index in [1.807, 2.05) is 47.7 Å². The Kier molecular flexibility index (Phi) is 6.09. The standard InChI is InChI=1S/C27H28FN5O3/c1-18-15-32(17-29-18)23-10-5-19(14-24(23)36-3)13-22-25(35)33-26(30-22)31(11-4-12-34)16-27(33,2)20-6-8-21(28)9-7-20/h5-10,13-15,17,34H,4,11-12,16H2,1-3H3/b22-13-. The van der Waals surface area contributed by atoms with Gasteiger partial charge in [-0.25, -0.2) is 14.4 Å². The summed E-state index contributed by atoms with van der Waals surface area (Å²) in [6.45, 7) is 4.97. The summed E-state index contributed by atoms with van der Waals surface area (Å²) in [5, 5.41) is 9.38. The van der Waals surface area contributed by atoms with Gasteiger partial charge in [0.1, 0.15) is 17.3 Å². The van der Waals surface area contributed by atoms with Gasteiger partial charge in [-0.15, -0.1) is 0 Å². The molecule has 0 saturated carbocycles. The number of rotatable bonds is 7. The number of aryl methyl sites for hydroxylation is 1. The van der Waals surface area contributed by atoms with Gasteiger partial charge in [0.15, 0.2) is 0 Å². The number of guanidine groups is 1. The van der Waals surface area contributed by atoms with Gasteiger partial charge in [0.25, 0.3) is 5.91 Å². The van der Waals surface area contributed by atoms with Gasteiger partial charge in [-0.1, -0.05) is 18.2 Å². The van der Waals surface area contributed by atoms with Crippen LogP contribution in [0, 0.1) is 12.7 Å². The van der Waals surface area contributed by atoms with Gasteiger partial charge in [0.05, 0.1) is 30.4 Å². The van der Waals surface area contributed by atoms with E-state index in [9.17, 15) is 14.3 Å². The fourth-order valence-corrected chi connectivity index (χ4v) is 4.85. The molecule has 2 aromatic carbocycles. The number of amides is 1. The minimum absolute atomic E-state index is 0.0380. The molecule has 1 atom stereocenters. The third-order valence-electron chi connectivity index (χ3n) is 6.67. The minimum atomic E-state index is -0.727. The highest BCUT2D eigenvalue weighted by molar-refractivity contribution is 6.15. The lowest BCUT2D eigenvalue weighted by atomic mass is 9.91. The molecule has 36 heavy (non-hydrogen) atoms. The van der Waals surface area contributed by atoms with E-state index < -0.39 is 5.54 Å². The van der Waals surface area contributed by atoms with Crippen LogP contribution in [0.4, 0.5) is 4.39 Å². The fraction of sp³-hybridized carbons (Fsp3) is 0.296. The molecule has 3 heterocycles. The summed E-state index contributed by atoms with van der Waals surface area (Å²) in [6.07, 6.45) is 5.93. The highest BCUT2D eigenvalue weighted by atomic mass is 19.1. The molecule has 186 valence electrons. The monoisotopic (exact) mass is 489 g/mol. The number of aliphatic hydroxyl groups excluding tert-OH is 1. The van der Waals surface area contributed by atoms with Crippen molar-refractivity contribution in [3.05, 3.63) is 83.3 Å². The van der Waals surface area contributed by atoms with Crippen LogP contribution in [0.5, 0.6) is 5.75 Å². The summed E-state index contributed by atoms with van der Waals surface area (Å²) in [4.78, 5) is 26.3. The van der Waals surface area contributed by atoms with Crippen molar-refractivity contribution in [1.29, 1.82) is 0 Å². The number of carbonyl (C=O) groups excluding carboxylic acids is 1.